The Hall–Kier alpha value is -1.76. The molecule has 3 rings (SSSR count). The number of hydrogen-bond donors (Lipinski definition) is 1. The number of nitrogens with one attached hydrogen (secondary N) is 1. The van der Waals surface area contributed by atoms with E-state index in [0.29, 0.717) is 17.1 Å². The SMILES string of the molecule is CC[C@H](Sc1ccc(Cl)cc1)C(=O)Nc1ccc2c(c1)sc(=O)n2C. The Balaban J connectivity index is 1.75. The highest BCUT2D eigenvalue weighted by atomic mass is 35.5. The minimum Gasteiger partial charge on any atom is -0.325 e. The summed E-state index contributed by atoms with van der Waals surface area (Å²) in [6.45, 7) is 1.99. The zero-order chi connectivity index (χ0) is 18.0. The molecule has 0 aliphatic carbocycles. The first-order chi connectivity index (χ1) is 12.0. The molecule has 3 aromatic rings. The number of hydrogen-bond acceptors (Lipinski definition) is 4. The maximum atomic E-state index is 12.6. The molecule has 0 saturated carbocycles. The topological polar surface area (TPSA) is 51.1 Å². The number of benzene rings is 2. The lowest BCUT2D eigenvalue weighted by atomic mass is 10.2. The summed E-state index contributed by atoms with van der Waals surface area (Å²) in [6, 6.07) is 13.0. The van der Waals surface area contributed by atoms with Crippen LogP contribution in [0.1, 0.15) is 13.3 Å². The minimum atomic E-state index is -0.202. The Morgan fingerprint density at radius 3 is 2.68 bits per heavy atom. The van der Waals surface area contributed by atoms with E-state index in [1.54, 1.807) is 11.6 Å². The molecule has 1 amide bonds. The number of carbonyl (C=O) groups excluding carboxylic acids is 1. The van der Waals surface area contributed by atoms with Crippen LogP contribution in [0.15, 0.2) is 52.2 Å². The van der Waals surface area contributed by atoms with Crippen molar-refractivity contribution in [2.75, 3.05) is 5.32 Å². The molecule has 1 atom stereocenters. The van der Waals surface area contributed by atoms with Gasteiger partial charge in [0.15, 0.2) is 0 Å². The average molecular weight is 393 g/mol. The van der Waals surface area contributed by atoms with Gasteiger partial charge in [-0.25, -0.2) is 0 Å². The molecule has 0 aliphatic rings. The number of carbonyl (C=O) groups is 1. The minimum absolute atomic E-state index is 0.0109. The van der Waals surface area contributed by atoms with E-state index in [2.05, 4.69) is 5.32 Å². The number of aromatic nitrogens is 1. The molecule has 7 heteroatoms. The van der Waals surface area contributed by atoms with Crippen molar-refractivity contribution in [2.24, 2.45) is 7.05 Å². The maximum Gasteiger partial charge on any atom is 0.307 e. The fraction of sp³-hybridized carbons (Fsp3) is 0.222. The van der Waals surface area contributed by atoms with E-state index in [1.165, 1.54) is 23.1 Å². The fourth-order valence-corrected chi connectivity index (χ4v) is 4.43. The highest BCUT2D eigenvalue weighted by Gasteiger charge is 2.18. The Kier molecular flexibility index (Phi) is 5.51. The van der Waals surface area contributed by atoms with Gasteiger partial charge in [0.2, 0.25) is 5.91 Å². The summed E-state index contributed by atoms with van der Waals surface area (Å²) in [6.07, 6.45) is 0.708. The Morgan fingerprint density at radius 2 is 2.00 bits per heavy atom. The molecule has 2 aromatic carbocycles. The number of nitrogens with zero attached hydrogens (tertiary/aromatic N) is 1. The Bertz CT molecular complexity index is 963. The quantitative estimate of drug-likeness (QED) is 0.636. The van der Waals surface area contributed by atoms with Gasteiger partial charge in [0.05, 0.1) is 15.5 Å². The van der Waals surface area contributed by atoms with Gasteiger partial charge in [0.1, 0.15) is 0 Å². The van der Waals surface area contributed by atoms with Crippen molar-refractivity contribution in [1.29, 1.82) is 0 Å². The van der Waals surface area contributed by atoms with E-state index in [0.717, 1.165) is 15.1 Å². The molecule has 25 heavy (non-hydrogen) atoms. The molecule has 0 aliphatic heterocycles. The zero-order valence-corrected chi connectivity index (χ0v) is 16.2. The van der Waals surface area contributed by atoms with Crippen LogP contribution in [-0.2, 0) is 11.8 Å². The van der Waals surface area contributed by atoms with Crippen molar-refractivity contribution >= 4 is 56.5 Å². The predicted octanol–water partition coefficient (Wildman–Crippen LogP) is 4.76. The van der Waals surface area contributed by atoms with Gasteiger partial charge in [-0.3, -0.25) is 9.59 Å². The summed E-state index contributed by atoms with van der Waals surface area (Å²) >= 11 is 8.59. The van der Waals surface area contributed by atoms with Gasteiger partial charge >= 0.3 is 4.87 Å². The second kappa shape index (κ2) is 7.64. The van der Waals surface area contributed by atoms with Crippen molar-refractivity contribution in [3.63, 3.8) is 0 Å². The molecule has 1 aromatic heterocycles. The molecule has 1 N–H and O–H groups in total. The average Bonchev–Trinajstić information content (AvgIpc) is 2.88. The Morgan fingerprint density at radius 1 is 1.28 bits per heavy atom. The summed E-state index contributed by atoms with van der Waals surface area (Å²) < 4.78 is 2.47. The number of amides is 1. The third kappa shape index (κ3) is 4.08. The maximum absolute atomic E-state index is 12.6. The molecular weight excluding hydrogens is 376 g/mol. The lowest BCUT2D eigenvalue weighted by Gasteiger charge is -2.15. The summed E-state index contributed by atoms with van der Waals surface area (Å²) in [5.41, 5.74) is 1.57. The number of rotatable bonds is 5. The van der Waals surface area contributed by atoms with Crippen LogP contribution >= 0.6 is 34.7 Å². The van der Waals surface area contributed by atoms with Gasteiger partial charge in [-0.15, -0.1) is 11.8 Å². The van der Waals surface area contributed by atoms with E-state index in [9.17, 15) is 9.59 Å². The van der Waals surface area contributed by atoms with Crippen LogP contribution in [0.5, 0.6) is 0 Å². The third-order valence-electron chi connectivity index (χ3n) is 3.82. The van der Waals surface area contributed by atoms with Crippen molar-refractivity contribution in [3.8, 4) is 0 Å². The number of fused-ring (bicyclic) bond motifs is 1. The van der Waals surface area contributed by atoms with Gasteiger partial charge < -0.3 is 9.88 Å². The van der Waals surface area contributed by atoms with Gasteiger partial charge in [-0.1, -0.05) is 29.9 Å². The van der Waals surface area contributed by atoms with E-state index < -0.39 is 0 Å². The van der Waals surface area contributed by atoms with Crippen LogP contribution < -0.4 is 10.2 Å². The monoisotopic (exact) mass is 392 g/mol. The summed E-state index contributed by atoms with van der Waals surface area (Å²) in [4.78, 5) is 25.3. The summed E-state index contributed by atoms with van der Waals surface area (Å²) in [5.74, 6) is -0.0509. The molecule has 0 bridgehead atoms. The normalized spacial score (nSPS) is 12.3. The highest BCUT2D eigenvalue weighted by molar-refractivity contribution is 8.00. The second-order valence-corrected chi connectivity index (χ2v) is 8.27. The van der Waals surface area contributed by atoms with Crippen molar-refractivity contribution < 1.29 is 4.79 Å². The van der Waals surface area contributed by atoms with E-state index in [4.69, 9.17) is 11.6 Å². The summed E-state index contributed by atoms with van der Waals surface area (Å²) in [5, 5.41) is 3.43. The predicted molar refractivity (Wildman–Crippen MR) is 107 cm³/mol. The van der Waals surface area contributed by atoms with E-state index >= 15 is 0 Å². The van der Waals surface area contributed by atoms with Gasteiger partial charge in [-0.2, -0.15) is 0 Å². The number of thiazole rings is 1. The fourth-order valence-electron chi connectivity index (χ4n) is 2.43. The molecule has 0 saturated heterocycles. The molecule has 0 spiro atoms. The van der Waals surface area contributed by atoms with Crippen molar-refractivity contribution in [3.05, 3.63) is 57.2 Å². The molecule has 0 radical (unpaired) electrons. The van der Waals surface area contributed by atoms with E-state index in [1.807, 2.05) is 49.4 Å². The lowest BCUT2D eigenvalue weighted by Crippen LogP contribution is -2.24. The zero-order valence-electron chi connectivity index (χ0n) is 13.8. The van der Waals surface area contributed by atoms with E-state index in [-0.39, 0.29) is 16.0 Å². The number of thioether (sulfide) groups is 1. The number of aryl methyl sites for hydroxylation is 1. The first kappa shape index (κ1) is 18.0. The van der Waals surface area contributed by atoms with Crippen LogP contribution in [-0.4, -0.2) is 15.7 Å². The molecule has 0 unspecified atom stereocenters. The first-order valence-corrected chi connectivity index (χ1v) is 9.88. The van der Waals surface area contributed by atoms with Gasteiger partial charge in [0, 0.05) is 22.7 Å². The second-order valence-electron chi connectivity index (χ2n) is 5.57. The van der Waals surface area contributed by atoms with Gasteiger partial charge in [0.25, 0.3) is 0 Å². The lowest BCUT2D eigenvalue weighted by molar-refractivity contribution is -0.115. The molecule has 130 valence electrons. The molecule has 0 fully saturated rings. The highest BCUT2D eigenvalue weighted by Crippen LogP contribution is 2.28. The molecular formula is C18H17ClN2O2S2. The van der Waals surface area contributed by atoms with Crippen LogP contribution in [0.25, 0.3) is 10.2 Å². The van der Waals surface area contributed by atoms with Crippen molar-refractivity contribution in [2.45, 2.75) is 23.5 Å². The van der Waals surface area contributed by atoms with Crippen LogP contribution in [0.4, 0.5) is 5.69 Å². The Labute approximate surface area is 158 Å². The third-order valence-corrected chi connectivity index (χ3v) is 6.44. The molecule has 4 nitrogen and oxygen atoms in total. The van der Waals surface area contributed by atoms with Gasteiger partial charge in [-0.05, 0) is 48.9 Å². The van der Waals surface area contributed by atoms with Crippen LogP contribution in [0, 0.1) is 0 Å². The van der Waals surface area contributed by atoms with Crippen LogP contribution in [0.2, 0.25) is 5.02 Å². The number of anilines is 1. The largest absolute Gasteiger partial charge is 0.325 e. The summed E-state index contributed by atoms with van der Waals surface area (Å²) in [7, 11) is 1.75. The molecule has 1 heterocycles. The smallest absolute Gasteiger partial charge is 0.307 e. The number of halogens is 1. The van der Waals surface area contributed by atoms with Crippen LogP contribution in [0.3, 0.4) is 0 Å². The standard InChI is InChI=1S/C18H17ClN2O2S2/c1-3-15(24-13-7-4-11(19)5-8-13)17(22)20-12-6-9-14-16(10-12)25-18(23)21(14)2/h4-10,15H,3H2,1-2H3,(H,20,22)/t15-/m0/s1. The van der Waals surface area contributed by atoms with Crippen molar-refractivity contribution in [1.82, 2.24) is 4.57 Å². The first-order valence-electron chi connectivity index (χ1n) is 7.80.